The van der Waals surface area contributed by atoms with E-state index in [0.29, 0.717) is 17.7 Å². The molecule has 2 aliphatic rings. The zero-order chi connectivity index (χ0) is 15.7. The first-order chi connectivity index (χ1) is 10.6. The highest BCUT2D eigenvalue weighted by atomic mass is 32.2. The molecule has 0 aromatic heterocycles. The SMILES string of the molecule is N#Cc1cccc(OCC2C=C(C(=O)O)N3C(=O)C[C@H]3S2)c1. The van der Waals surface area contributed by atoms with Gasteiger partial charge in [0.15, 0.2) is 0 Å². The van der Waals surface area contributed by atoms with Crippen molar-refractivity contribution in [1.29, 1.82) is 5.26 Å². The first kappa shape index (κ1) is 14.5. The lowest BCUT2D eigenvalue weighted by molar-refractivity contribution is -0.146. The first-order valence-corrected chi connectivity index (χ1v) is 7.58. The Hall–Kier alpha value is -2.46. The van der Waals surface area contributed by atoms with Gasteiger partial charge in [-0.05, 0) is 24.3 Å². The van der Waals surface area contributed by atoms with Gasteiger partial charge >= 0.3 is 5.97 Å². The molecule has 1 unspecified atom stereocenters. The summed E-state index contributed by atoms with van der Waals surface area (Å²) in [7, 11) is 0. The molecule has 0 aliphatic carbocycles. The van der Waals surface area contributed by atoms with Crippen molar-refractivity contribution in [1.82, 2.24) is 4.90 Å². The Balaban J connectivity index is 1.70. The van der Waals surface area contributed by atoms with Crippen LogP contribution in [0.5, 0.6) is 5.75 Å². The van der Waals surface area contributed by atoms with E-state index < -0.39 is 5.97 Å². The number of β-lactam (4-membered cyclic amide) rings is 1. The maximum atomic E-state index is 11.5. The van der Waals surface area contributed by atoms with Crippen molar-refractivity contribution in [3.05, 3.63) is 41.6 Å². The van der Waals surface area contributed by atoms with E-state index in [0.717, 1.165) is 0 Å². The molecule has 22 heavy (non-hydrogen) atoms. The molecule has 6 nitrogen and oxygen atoms in total. The molecule has 0 spiro atoms. The van der Waals surface area contributed by atoms with Crippen LogP contribution in [0.2, 0.25) is 0 Å². The molecule has 112 valence electrons. The van der Waals surface area contributed by atoms with Gasteiger partial charge in [0.25, 0.3) is 0 Å². The van der Waals surface area contributed by atoms with Crippen LogP contribution in [0.15, 0.2) is 36.0 Å². The van der Waals surface area contributed by atoms with E-state index >= 15 is 0 Å². The van der Waals surface area contributed by atoms with Gasteiger partial charge in [-0.1, -0.05) is 6.07 Å². The van der Waals surface area contributed by atoms with Crippen LogP contribution in [0.25, 0.3) is 0 Å². The van der Waals surface area contributed by atoms with Crippen molar-refractivity contribution in [2.45, 2.75) is 17.0 Å². The molecule has 0 radical (unpaired) electrons. The van der Waals surface area contributed by atoms with E-state index in [-0.39, 0.29) is 28.8 Å². The van der Waals surface area contributed by atoms with Crippen LogP contribution in [0.3, 0.4) is 0 Å². The summed E-state index contributed by atoms with van der Waals surface area (Å²) in [5.74, 6) is -0.695. The van der Waals surface area contributed by atoms with Gasteiger partial charge in [-0.15, -0.1) is 11.8 Å². The van der Waals surface area contributed by atoms with Gasteiger partial charge in [-0.25, -0.2) is 4.79 Å². The number of hydrogen-bond donors (Lipinski definition) is 1. The fourth-order valence-corrected chi connectivity index (χ4v) is 3.73. The Morgan fingerprint density at radius 3 is 3.05 bits per heavy atom. The van der Waals surface area contributed by atoms with E-state index in [1.807, 2.05) is 6.07 Å². The summed E-state index contributed by atoms with van der Waals surface area (Å²) in [5.41, 5.74) is 0.533. The Kier molecular flexibility index (Phi) is 3.77. The number of carbonyl (C=O) groups is 2. The predicted molar refractivity (Wildman–Crippen MR) is 79.0 cm³/mol. The number of nitriles is 1. The van der Waals surface area contributed by atoms with Crippen LogP contribution in [0.1, 0.15) is 12.0 Å². The highest BCUT2D eigenvalue weighted by Gasteiger charge is 2.45. The minimum absolute atomic E-state index is 0.0272. The highest BCUT2D eigenvalue weighted by Crippen LogP contribution is 2.40. The van der Waals surface area contributed by atoms with E-state index in [9.17, 15) is 14.7 Å². The molecule has 1 fully saturated rings. The molecule has 0 saturated carbocycles. The normalized spacial score (nSPS) is 23.0. The molecule has 2 heterocycles. The average Bonchev–Trinajstić information content (AvgIpc) is 2.51. The third-order valence-electron chi connectivity index (χ3n) is 3.44. The molecule has 3 rings (SSSR count). The van der Waals surface area contributed by atoms with Crippen molar-refractivity contribution >= 4 is 23.6 Å². The summed E-state index contributed by atoms with van der Waals surface area (Å²) >= 11 is 1.51. The lowest BCUT2D eigenvalue weighted by atomic mass is 10.1. The zero-order valence-electron chi connectivity index (χ0n) is 11.4. The van der Waals surface area contributed by atoms with Crippen molar-refractivity contribution in [2.75, 3.05) is 6.61 Å². The lowest BCUT2D eigenvalue weighted by Crippen LogP contribution is -2.54. The van der Waals surface area contributed by atoms with Crippen LogP contribution in [0, 0.1) is 11.3 Å². The Bertz CT molecular complexity index is 710. The van der Waals surface area contributed by atoms with Gasteiger partial charge in [0.2, 0.25) is 5.91 Å². The van der Waals surface area contributed by atoms with Crippen LogP contribution < -0.4 is 4.74 Å². The maximum Gasteiger partial charge on any atom is 0.352 e. The number of amides is 1. The van der Waals surface area contributed by atoms with Crippen LogP contribution >= 0.6 is 11.8 Å². The largest absolute Gasteiger partial charge is 0.492 e. The van der Waals surface area contributed by atoms with E-state index in [2.05, 4.69) is 0 Å². The number of carbonyl (C=O) groups excluding carboxylic acids is 1. The third-order valence-corrected chi connectivity index (χ3v) is 4.75. The molecule has 2 atom stereocenters. The molecule has 1 aromatic rings. The Morgan fingerprint density at radius 1 is 1.55 bits per heavy atom. The van der Waals surface area contributed by atoms with Crippen molar-refractivity contribution < 1.29 is 19.4 Å². The maximum absolute atomic E-state index is 11.5. The zero-order valence-corrected chi connectivity index (χ0v) is 12.2. The summed E-state index contributed by atoms with van der Waals surface area (Å²) in [6, 6.07) is 8.83. The topological polar surface area (TPSA) is 90.6 Å². The molecule has 1 N–H and O–H groups in total. The Labute approximate surface area is 131 Å². The second kappa shape index (κ2) is 5.73. The quantitative estimate of drug-likeness (QED) is 0.848. The number of hydrogen-bond acceptors (Lipinski definition) is 5. The van der Waals surface area contributed by atoms with Gasteiger partial charge in [0.05, 0.1) is 28.7 Å². The number of ether oxygens (including phenoxy) is 1. The second-order valence-electron chi connectivity index (χ2n) is 4.90. The fraction of sp³-hybridized carbons (Fsp3) is 0.267. The number of fused-ring (bicyclic) bond motifs is 1. The molecule has 0 bridgehead atoms. The van der Waals surface area contributed by atoms with Gasteiger partial charge in [0.1, 0.15) is 18.1 Å². The predicted octanol–water partition coefficient (Wildman–Crippen LogP) is 1.58. The number of nitrogens with zero attached hydrogens (tertiary/aromatic N) is 2. The first-order valence-electron chi connectivity index (χ1n) is 6.64. The summed E-state index contributed by atoms with van der Waals surface area (Å²) in [4.78, 5) is 24.0. The van der Waals surface area contributed by atoms with E-state index in [4.69, 9.17) is 10.00 Å². The number of carboxylic acid groups (broad SMARTS) is 1. The minimum Gasteiger partial charge on any atom is -0.492 e. The van der Waals surface area contributed by atoms with Gasteiger partial charge < -0.3 is 9.84 Å². The summed E-state index contributed by atoms with van der Waals surface area (Å²) in [6.07, 6.45) is 1.91. The number of benzene rings is 1. The van der Waals surface area contributed by atoms with Gasteiger partial charge in [-0.3, -0.25) is 9.69 Å². The monoisotopic (exact) mass is 316 g/mol. The Morgan fingerprint density at radius 2 is 2.36 bits per heavy atom. The lowest BCUT2D eigenvalue weighted by Gasteiger charge is -2.44. The highest BCUT2D eigenvalue weighted by molar-refractivity contribution is 8.00. The number of aliphatic carboxylic acids is 1. The van der Waals surface area contributed by atoms with Crippen LogP contribution in [0.4, 0.5) is 0 Å². The second-order valence-corrected chi connectivity index (χ2v) is 6.33. The molecule has 1 amide bonds. The van der Waals surface area contributed by atoms with Gasteiger partial charge in [-0.2, -0.15) is 5.26 Å². The standard InChI is InChI=1S/C15H12N2O4S/c16-7-9-2-1-3-10(4-9)21-8-11-5-12(15(19)20)17-13(18)6-14(17)22-11/h1-5,11,14H,6,8H2,(H,19,20)/t11?,14-/m1/s1. The van der Waals surface area contributed by atoms with Crippen molar-refractivity contribution in [3.63, 3.8) is 0 Å². The fourth-order valence-electron chi connectivity index (χ4n) is 2.38. The number of carboxylic acids is 1. The van der Waals surface area contributed by atoms with E-state index in [1.165, 1.54) is 16.7 Å². The van der Waals surface area contributed by atoms with Gasteiger partial charge in [0, 0.05) is 0 Å². The number of rotatable bonds is 4. The smallest absolute Gasteiger partial charge is 0.352 e. The van der Waals surface area contributed by atoms with Crippen molar-refractivity contribution in [2.24, 2.45) is 0 Å². The molecular formula is C15H12N2O4S. The summed E-state index contributed by atoms with van der Waals surface area (Å²) in [5, 5.41) is 17.8. The average molecular weight is 316 g/mol. The number of thioether (sulfide) groups is 1. The molecule has 7 heteroatoms. The van der Waals surface area contributed by atoms with Crippen molar-refractivity contribution in [3.8, 4) is 11.8 Å². The van der Waals surface area contributed by atoms with Crippen LogP contribution in [-0.2, 0) is 9.59 Å². The van der Waals surface area contributed by atoms with E-state index in [1.54, 1.807) is 30.3 Å². The molecular weight excluding hydrogens is 304 g/mol. The van der Waals surface area contributed by atoms with Crippen LogP contribution in [-0.4, -0.2) is 39.1 Å². The molecule has 1 aromatic carbocycles. The third kappa shape index (κ3) is 2.65. The summed E-state index contributed by atoms with van der Waals surface area (Å²) in [6.45, 7) is 0.287. The molecule has 2 aliphatic heterocycles. The summed E-state index contributed by atoms with van der Waals surface area (Å²) < 4.78 is 5.64. The minimum atomic E-state index is -1.10. The molecule has 1 saturated heterocycles.